The Kier molecular flexibility index (Phi) is 3.68. The quantitative estimate of drug-likeness (QED) is 0.726. The molecular formula is C14H14N2O3. The fraction of sp³-hybridized carbons (Fsp3) is 0.0714. The Balaban J connectivity index is 2.31. The SMILES string of the molecule is NC(=O)c1ccc(N)c(Oc2cccc(CO)c2)c1. The van der Waals surface area contributed by atoms with E-state index in [0.29, 0.717) is 22.7 Å². The molecule has 2 aromatic rings. The van der Waals surface area contributed by atoms with Crippen molar-refractivity contribution in [2.24, 2.45) is 5.73 Å². The monoisotopic (exact) mass is 258 g/mol. The maximum Gasteiger partial charge on any atom is 0.248 e. The molecule has 0 aliphatic rings. The molecule has 5 nitrogen and oxygen atoms in total. The summed E-state index contributed by atoms with van der Waals surface area (Å²) in [4.78, 5) is 11.1. The average molecular weight is 258 g/mol. The zero-order valence-corrected chi connectivity index (χ0v) is 10.2. The van der Waals surface area contributed by atoms with E-state index in [0.717, 1.165) is 5.56 Å². The fourth-order valence-corrected chi connectivity index (χ4v) is 1.61. The van der Waals surface area contributed by atoms with E-state index in [4.69, 9.17) is 21.3 Å². The van der Waals surface area contributed by atoms with Crippen LogP contribution in [0.15, 0.2) is 42.5 Å². The summed E-state index contributed by atoms with van der Waals surface area (Å²) in [7, 11) is 0. The summed E-state index contributed by atoms with van der Waals surface area (Å²) in [6.45, 7) is -0.0754. The minimum Gasteiger partial charge on any atom is -0.455 e. The highest BCUT2D eigenvalue weighted by Crippen LogP contribution is 2.28. The van der Waals surface area contributed by atoms with E-state index < -0.39 is 5.91 Å². The maximum atomic E-state index is 11.1. The predicted molar refractivity (Wildman–Crippen MR) is 71.8 cm³/mol. The van der Waals surface area contributed by atoms with Gasteiger partial charge in [-0.3, -0.25) is 4.79 Å². The van der Waals surface area contributed by atoms with Crippen molar-refractivity contribution < 1.29 is 14.6 Å². The van der Waals surface area contributed by atoms with Gasteiger partial charge in [0.15, 0.2) is 5.75 Å². The van der Waals surface area contributed by atoms with Crippen molar-refractivity contribution in [1.82, 2.24) is 0 Å². The van der Waals surface area contributed by atoms with Crippen LogP contribution in [0.3, 0.4) is 0 Å². The zero-order valence-electron chi connectivity index (χ0n) is 10.2. The Bertz CT molecular complexity index is 611. The second kappa shape index (κ2) is 5.41. The highest BCUT2D eigenvalue weighted by atomic mass is 16.5. The summed E-state index contributed by atoms with van der Waals surface area (Å²) in [6, 6.07) is 11.5. The molecule has 5 heteroatoms. The van der Waals surface area contributed by atoms with Gasteiger partial charge < -0.3 is 21.3 Å². The van der Waals surface area contributed by atoms with Gasteiger partial charge in [0.1, 0.15) is 5.75 Å². The van der Waals surface area contributed by atoms with E-state index in [2.05, 4.69) is 0 Å². The Morgan fingerprint density at radius 2 is 2.00 bits per heavy atom. The van der Waals surface area contributed by atoms with Crippen molar-refractivity contribution in [3.63, 3.8) is 0 Å². The van der Waals surface area contributed by atoms with E-state index in [1.807, 2.05) is 0 Å². The lowest BCUT2D eigenvalue weighted by molar-refractivity contribution is 0.1000. The molecule has 0 radical (unpaired) electrons. The number of amides is 1. The number of ether oxygens (including phenoxy) is 1. The molecule has 0 saturated heterocycles. The number of carbonyl (C=O) groups excluding carboxylic acids is 1. The number of nitrogens with two attached hydrogens (primary N) is 2. The van der Waals surface area contributed by atoms with Gasteiger partial charge in [-0.05, 0) is 35.9 Å². The highest BCUT2D eigenvalue weighted by Gasteiger charge is 2.07. The van der Waals surface area contributed by atoms with Crippen molar-refractivity contribution >= 4 is 11.6 Å². The van der Waals surface area contributed by atoms with Crippen LogP contribution in [0.1, 0.15) is 15.9 Å². The van der Waals surface area contributed by atoms with E-state index in [-0.39, 0.29) is 6.61 Å². The standard InChI is InChI=1S/C14H14N2O3/c15-12-5-4-10(14(16)18)7-13(12)19-11-3-1-2-9(6-11)8-17/h1-7,17H,8,15H2,(H2,16,18). The lowest BCUT2D eigenvalue weighted by atomic mass is 10.2. The van der Waals surface area contributed by atoms with Crippen molar-refractivity contribution in [3.8, 4) is 11.5 Å². The molecule has 0 spiro atoms. The first-order valence-electron chi connectivity index (χ1n) is 5.67. The van der Waals surface area contributed by atoms with Crippen LogP contribution >= 0.6 is 0 Å². The van der Waals surface area contributed by atoms with Crippen LogP contribution < -0.4 is 16.2 Å². The van der Waals surface area contributed by atoms with Crippen LogP contribution in [0.5, 0.6) is 11.5 Å². The summed E-state index contributed by atoms with van der Waals surface area (Å²) >= 11 is 0. The molecule has 0 atom stereocenters. The molecule has 19 heavy (non-hydrogen) atoms. The fourth-order valence-electron chi connectivity index (χ4n) is 1.61. The molecule has 0 aliphatic carbocycles. The number of primary amides is 1. The minimum atomic E-state index is -0.547. The molecule has 0 bridgehead atoms. The van der Waals surface area contributed by atoms with Gasteiger partial charge in [0.05, 0.1) is 12.3 Å². The van der Waals surface area contributed by atoms with Crippen LogP contribution in [-0.4, -0.2) is 11.0 Å². The Labute approximate surface area is 110 Å². The molecule has 2 rings (SSSR count). The van der Waals surface area contributed by atoms with Gasteiger partial charge in [0.2, 0.25) is 5.91 Å². The predicted octanol–water partition coefficient (Wildman–Crippen LogP) is 1.65. The largest absolute Gasteiger partial charge is 0.455 e. The number of aliphatic hydroxyl groups excluding tert-OH is 1. The van der Waals surface area contributed by atoms with Crippen LogP contribution in [0.25, 0.3) is 0 Å². The first-order valence-corrected chi connectivity index (χ1v) is 5.67. The van der Waals surface area contributed by atoms with E-state index in [1.165, 1.54) is 12.1 Å². The number of anilines is 1. The van der Waals surface area contributed by atoms with Gasteiger partial charge >= 0.3 is 0 Å². The van der Waals surface area contributed by atoms with Gasteiger partial charge in [-0.25, -0.2) is 0 Å². The molecule has 0 aliphatic heterocycles. The number of hydrogen-bond donors (Lipinski definition) is 3. The molecule has 5 N–H and O–H groups in total. The van der Waals surface area contributed by atoms with Crippen molar-refractivity contribution in [1.29, 1.82) is 0 Å². The third-order valence-corrected chi connectivity index (χ3v) is 2.61. The molecule has 98 valence electrons. The third kappa shape index (κ3) is 3.02. The number of rotatable bonds is 4. The summed E-state index contributed by atoms with van der Waals surface area (Å²) in [5, 5.41) is 9.06. The number of benzene rings is 2. The molecule has 0 aromatic heterocycles. The van der Waals surface area contributed by atoms with Gasteiger partial charge in [-0.2, -0.15) is 0 Å². The Morgan fingerprint density at radius 1 is 1.21 bits per heavy atom. The second-order valence-electron chi connectivity index (χ2n) is 4.02. The zero-order chi connectivity index (χ0) is 13.8. The van der Waals surface area contributed by atoms with Crippen molar-refractivity contribution in [3.05, 3.63) is 53.6 Å². The number of carbonyl (C=O) groups is 1. The Hall–Kier alpha value is -2.53. The number of nitrogen functional groups attached to an aromatic ring is 1. The first-order chi connectivity index (χ1) is 9.10. The van der Waals surface area contributed by atoms with Gasteiger partial charge in [0.25, 0.3) is 0 Å². The van der Waals surface area contributed by atoms with E-state index in [1.54, 1.807) is 30.3 Å². The molecule has 0 fully saturated rings. The molecule has 1 amide bonds. The van der Waals surface area contributed by atoms with Crippen LogP contribution in [0.4, 0.5) is 5.69 Å². The third-order valence-electron chi connectivity index (χ3n) is 2.61. The first kappa shape index (κ1) is 12.9. The van der Waals surface area contributed by atoms with Crippen molar-refractivity contribution in [2.75, 3.05) is 5.73 Å². The summed E-state index contributed by atoms with van der Waals surface area (Å²) in [5.41, 5.74) is 12.4. The molecule has 2 aromatic carbocycles. The number of aliphatic hydroxyl groups is 1. The topological polar surface area (TPSA) is 98.6 Å². The average Bonchev–Trinajstić information content (AvgIpc) is 2.41. The Morgan fingerprint density at radius 3 is 2.68 bits per heavy atom. The van der Waals surface area contributed by atoms with Crippen LogP contribution in [0.2, 0.25) is 0 Å². The smallest absolute Gasteiger partial charge is 0.248 e. The van der Waals surface area contributed by atoms with Crippen LogP contribution in [0, 0.1) is 0 Å². The summed E-state index contributed by atoms with van der Waals surface area (Å²) in [5.74, 6) is 0.334. The number of hydrogen-bond acceptors (Lipinski definition) is 4. The normalized spacial score (nSPS) is 10.2. The van der Waals surface area contributed by atoms with Crippen LogP contribution in [-0.2, 0) is 6.61 Å². The summed E-state index contributed by atoms with van der Waals surface area (Å²) < 4.78 is 5.60. The molecule has 0 saturated carbocycles. The van der Waals surface area contributed by atoms with Gasteiger partial charge in [-0.1, -0.05) is 12.1 Å². The van der Waals surface area contributed by atoms with E-state index >= 15 is 0 Å². The lowest BCUT2D eigenvalue weighted by Gasteiger charge is -2.10. The maximum absolute atomic E-state index is 11.1. The molecule has 0 unspecified atom stereocenters. The van der Waals surface area contributed by atoms with Gasteiger partial charge in [-0.15, -0.1) is 0 Å². The van der Waals surface area contributed by atoms with Crippen molar-refractivity contribution in [2.45, 2.75) is 6.61 Å². The lowest BCUT2D eigenvalue weighted by Crippen LogP contribution is -2.11. The minimum absolute atomic E-state index is 0.0754. The van der Waals surface area contributed by atoms with Gasteiger partial charge in [0, 0.05) is 5.56 Å². The van der Waals surface area contributed by atoms with E-state index in [9.17, 15) is 4.79 Å². The molecule has 0 heterocycles. The second-order valence-corrected chi connectivity index (χ2v) is 4.02. The summed E-state index contributed by atoms with van der Waals surface area (Å²) in [6.07, 6.45) is 0. The molecular weight excluding hydrogens is 244 g/mol. The highest BCUT2D eigenvalue weighted by molar-refractivity contribution is 5.93.